The number of rotatable bonds is 6. The molecule has 0 bridgehead atoms. The second-order valence-corrected chi connectivity index (χ2v) is 8.73. The molecule has 174 valence electrons. The van der Waals surface area contributed by atoms with Crippen LogP contribution in [0.2, 0.25) is 10.0 Å². The predicted molar refractivity (Wildman–Crippen MR) is 140 cm³/mol. The largest absolute Gasteiger partial charge is 0.321 e. The molecule has 4 rings (SSSR count). The molecule has 0 heterocycles. The number of carbonyl (C=O) groups excluding carboxylic acids is 3. The molecule has 35 heavy (non-hydrogen) atoms. The van der Waals surface area contributed by atoms with Gasteiger partial charge in [0, 0.05) is 26.7 Å². The molecular weight excluding hydrogens is 483 g/mol. The van der Waals surface area contributed by atoms with Crippen LogP contribution >= 0.6 is 23.2 Å². The van der Waals surface area contributed by atoms with Crippen LogP contribution in [0.5, 0.6) is 0 Å². The number of amides is 2. The Balaban J connectivity index is 1.61. The zero-order valence-electron chi connectivity index (χ0n) is 18.6. The lowest BCUT2D eigenvalue weighted by molar-refractivity contribution is 0.102. The van der Waals surface area contributed by atoms with Crippen LogP contribution in [-0.2, 0) is 0 Å². The molecule has 0 radical (unpaired) electrons. The van der Waals surface area contributed by atoms with Crippen LogP contribution < -0.4 is 10.6 Å². The van der Waals surface area contributed by atoms with Crippen LogP contribution in [0.1, 0.15) is 42.2 Å². The van der Waals surface area contributed by atoms with Crippen LogP contribution in [0, 0.1) is 6.92 Å². The molecule has 4 aromatic carbocycles. The van der Waals surface area contributed by atoms with Crippen LogP contribution in [0.25, 0.3) is 0 Å². The summed E-state index contributed by atoms with van der Waals surface area (Å²) in [6.45, 7) is 1.88. The smallest absolute Gasteiger partial charge is 0.257 e. The first-order valence-electron chi connectivity index (χ1n) is 10.7. The Hall–Kier alpha value is -3.93. The minimum Gasteiger partial charge on any atom is -0.321 e. The van der Waals surface area contributed by atoms with Gasteiger partial charge in [-0.05, 0) is 49.4 Å². The van der Waals surface area contributed by atoms with Gasteiger partial charge >= 0.3 is 0 Å². The van der Waals surface area contributed by atoms with Gasteiger partial charge in [-0.15, -0.1) is 0 Å². The topological polar surface area (TPSA) is 75.3 Å². The van der Waals surface area contributed by atoms with Gasteiger partial charge in [0.1, 0.15) is 0 Å². The lowest BCUT2D eigenvalue weighted by Gasteiger charge is -2.14. The van der Waals surface area contributed by atoms with Crippen LogP contribution in [0.4, 0.5) is 11.4 Å². The Morgan fingerprint density at radius 3 is 1.91 bits per heavy atom. The van der Waals surface area contributed by atoms with E-state index < -0.39 is 11.8 Å². The summed E-state index contributed by atoms with van der Waals surface area (Å²) in [6, 6.07) is 25.2. The molecule has 0 aliphatic rings. The van der Waals surface area contributed by atoms with E-state index in [1.54, 1.807) is 60.7 Å². The first-order valence-corrected chi connectivity index (χ1v) is 11.5. The number of carbonyl (C=O) groups is 3. The van der Waals surface area contributed by atoms with E-state index in [-0.39, 0.29) is 16.9 Å². The van der Waals surface area contributed by atoms with E-state index in [1.165, 1.54) is 18.2 Å². The van der Waals surface area contributed by atoms with Gasteiger partial charge in [-0.25, -0.2) is 0 Å². The first kappa shape index (κ1) is 24.2. The van der Waals surface area contributed by atoms with Crippen LogP contribution in [0.3, 0.4) is 0 Å². The van der Waals surface area contributed by atoms with Crippen molar-refractivity contribution < 1.29 is 14.4 Å². The molecule has 7 heteroatoms. The molecule has 0 saturated heterocycles. The fourth-order valence-corrected chi connectivity index (χ4v) is 4.09. The summed E-state index contributed by atoms with van der Waals surface area (Å²) in [4.78, 5) is 39.2. The Labute approximate surface area is 212 Å². The van der Waals surface area contributed by atoms with Crippen molar-refractivity contribution in [3.05, 3.63) is 129 Å². The Morgan fingerprint density at radius 1 is 0.600 bits per heavy atom. The first-order chi connectivity index (χ1) is 16.8. The highest BCUT2D eigenvalue weighted by atomic mass is 35.5. The van der Waals surface area contributed by atoms with E-state index in [2.05, 4.69) is 10.6 Å². The molecule has 4 aromatic rings. The minimum atomic E-state index is -0.476. The molecule has 0 unspecified atom stereocenters. The SMILES string of the molecule is Cc1ccc(NC(=O)c2ccccc2NC(=O)c2cc(Cl)cc(Cl)c2)c(C(=O)c2ccccc2)c1. The Bertz CT molecular complexity index is 1420. The normalized spacial score (nSPS) is 10.5. The molecule has 0 atom stereocenters. The van der Waals surface area contributed by atoms with E-state index in [1.807, 2.05) is 19.1 Å². The van der Waals surface area contributed by atoms with Crippen molar-refractivity contribution in [2.75, 3.05) is 10.6 Å². The lowest BCUT2D eigenvalue weighted by atomic mass is 9.99. The van der Waals surface area contributed by atoms with Crippen LogP contribution in [-0.4, -0.2) is 17.6 Å². The Morgan fingerprint density at radius 2 is 1.20 bits per heavy atom. The molecule has 0 saturated carbocycles. The molecule has 5 nitrogen and oxygen atoms in total. The number of nitrogens with one attached hydrogen (secondary N) is 2. The molecule has 0 aromatic heterocycles. The average molecular weight is 503 g/mol. The zero-order valence-corrected chi connectivity index (χ0v) is 20.2. The minimum absolute atomic E-state index is 0.205. The van der Waals surface area contributed by atoms with Crippen molar-refractivity contribution in [1.29, 1.82) is 0 Å². The summed E-state index contributed by atoms with van der Waals surface area (Å²) < 4.78 is 0. The summed E-state index contributed by atoms with van der Waals surface area (Å²) in [6.07, 6.45) is 0. The van der Waals surface area contributed by atoms with Gasteiger partial charge in [-0.3, -0.25) is 14.4 Å². The second kappa shape index (κ2) is 10.6. The number of anilines is 2. The second-order valence-electron chi connectivity index (χ2n) is 7.86. The molecule has 0 aliphatic carbocycles. The van der Waals surface area contributed by atoms with E-state index in [0.29, 0.717) is 32.5 Å². The molecule has 2 N–H and O–H groups in total. The number of hydrogen-bond donors (Lipinski definition) is 2. The molecule has 0 aliphatic heterocycles. The summed E-state index contributed by atoms with van der Waals surface area (Å²) in [5.41, 5.74) is 2.93. The fraction of sp³-hybridized carbons (Fsp3) is 0.0357. The highest BCUT2D eigenvalue weighted by Gasteiger charge is 2.19. The van der Waals surface area contributed by atoms with Gasteiger partial charge in [0.15, 0.2) is 5.78 Å². The van der Waals surface area contributed by atoms with Gasteiger partial charge in [0.05, 0.1) is 16.9 Å². The van der Waals surface area contributed by atoms with Gasteiger partial charge in [0.2, 0.25) is 0 Å². The number of para-hydroxylation sites is 1. The predicted octanol–water partition coefficient (Wildman–Crippen LogP) is 7.04. The number of aryl methyl sites for hydroxylation is 1. The average Bonchev–Trinajstić information content (AvgIpc) is 2.85. The molecular formula is C28H20Cl2N2O3. The van der Waals surface area contributed by atoms with Crippen molar-refractivity contribution in [2.24, 2.45) is 0 Å². The zero-order chi connectivity index (χ0) is 24.9. The van der Waals surface area contributed by atoms with Crippen molar-refractivity contribution in [1.82, 2.24) is 0 Å². The quantitative estimate of drug-likeness (QED) is 0.277. The third-order valence-corrected chi connectivity index (χ3v) is 5.68. The monoisotopic (exact) mass is 502 g/mol. The standard InChI is InChI=1S/C28H20Cl2N2O3/c1-17-11-12-25(23(13-17)26(33)18-7-3-2-4-8-18)32-28(35)22-9-5-6-10-24(22)31-27(34)19-14-20(29)16-21(30)15-19/h2-16H,1H3,(H,31,34)(H,32,35). The third-order valence-electron chi connectivity index (χ3n) is 5.25. The van der Waals surface area contributed by atoms with Crippen molar-refractivity contribution in [3.8, 4) is 0 Å². The third kappa shape index (κ3) is 5.77. The van der Waals surface area contributed by atoms with Crippen LogP contribution in [0.15, 0.2) is 91.0 Å². The van der Waals surface area contributed by atoms with Gasteiger partial charge < -0.3 is 10.6 Å². The Kier molecular flexibility index (Phi) is 7.30. The summed E-state index contributed by atoms with van der Waals surface area (Å²) in [5, 5.41) is 6.21. The highest BCUT2D eigenvalue weighted by Crippen LogP contribution is 2.25. The number of halogens is 2. The van der Waals surface area contributed by atoms with E-state index in [9.17, 15) is 14.4 Å². The number of benzene rings is 4. The van der Waals surface area contributed by atoms with Gasteiger partial charge in [-0.1, -0.05) is 77.3 Å². The van der Waals surface area contributed by atoms with Crippen molar-refractivity contribution in [3.63, 3.8) is 0 Å². The van der Waals surface area contributed by atoms with E-state index in [0.717, 1.165) is 5.56 Å². The maximum absolute atomic E-state index is 13.2. The molecule has 2 amide bonds. The van der Waals surface area contributed by atoms with Gasteiger partial charge in [0.25, 0.3) is 11.8 Å². The fourth-order valence-electron chi connectivity index (χ4n) is 3.56. The number of ketones is 1. The summed E-state index contributed by atoms with van der Waals surface area (Å²) in [5.74, 6) is -1.15. The van der Waals surface area contributed by atoms with Crippen molar-refractivity contribution >= 4 is 52.2 Å². The highest BCUT2D eigenvalue weighted by molar-refractivity contribution is 6.35. The molecule has 0 fully saturated rings. The summed E-state index contributed by atoms with van der Waals surface area (Å²) >= 11 is 12.0. The maximum atomic E-state index is 13.2. The van der Waals surface area contributed by atoms with Gasteiger partial charge in [-0.2, -0.15) is 0 Å². The molecule has 0 spiro atoms. The number of hydrogen-bond acceptors (Lipinski definition) is 3. The van der Waals surface area contributed by atoms with Crippen molar-refractivity contribution in [2.45, 2.75) is 6.92 Å². The van der Waals surface area contributed by atoms with E-state index in [4.69, 9.17) is 23.2 Å². The summed E-state index contributed by atoms with van der Waals surface area (Å²) in [7, 11) is 0. The van der Waals surface area contributed by atoms with E-state index >= 15 is 0 Å². The lowest BCUT2D eigenvalue weighted by Crippen LogP contribution is -2.19. The maximum Gasteiger partial charge on any atom is 0.257 e.